The highest BCUT2D eigenvalue weighted by molar-refractivity contribution is 6.43. The van der Waals surface area contributed by atoms with Gasteiger partial charge in [0.1, 0.15) is 5.75 Å². The fourth-order valence-corrected chi connectivity index (χ4v) is 7.14. The number of aliphatic carboxylic acids is 1. The number of piperazine rings is 1. The molecule has 1 amide bonds. The molecule has 1 unspecified atom stereocenters. The number of carboxylic acid groups (broad SMARTS) is 1. The van der Waals surface area contributed by atoms with Gasteiger partial charge in [0.2, 0.25) is 5.91 Å². The van der Waals surface area contributed by atoms with Gasteiger partial charge in [-0.25, -0.2) is 4.79 Å². The second-order valence-electron chi connectivity index (χ2n) is 13.5. The maximum atomic E-state index is 13.0. The zero-order chi connectivity index (χ0) is 35.7. The average molecular weight is 733 g/mol. The van der Waals surface area contributed by atoms with Crippen molar-refractivity contribution in [3.8, 4) is 5.75 Å². The van der Waals surface area contributed by atoms with Gasteiger partial charge in [-0.05, 0) is 56.0 Å². The number of ether oxygens (including phenoxy) is 2. The summed E-state index contributed by atoms with van der Waals surface area (Å²) >= 11 is 12.6. The average Bonchev–Trinajstić information content (AvgIpc) is 3.11. The van der Waals surface area contributed by atoms with Crippen LogP contribution in [0.1, 0.15) is 109 Å². The van der Waals surface area contributed by atoms with Crippen molar-refractivity contribution < 1.29 is 29.0 Å². The third-order valence-electron chi connectivity index (χ3n) is 9.65. The molecule has 2 aliphatic rings. The molecule has 0 radical (unpaired) electrons. The topological polar surface area (TPSA) is 99.6 Å². The second kappa shape index (κ2) is 21.4. The molecule has 1 saturated heterocycles. The third-order valence-corrected chi connectivity index (χ3v) is 10.5. The molecule has 0 bridgehead atoms. The molecule has 0 saturated carbocycles. The summed E-state index contributed by atoms with van der Waals surface area (Å²) in [5, 5.41) is 11.2. The van der Waals surface area contributed by atoms with Crippen LogP contribution in [0.2, 0.25) is 10.0 Å². The number of hydrogen-bond acceptors (Lipinski definition) is 7. The van der Waals surface area contributed by atoms with E-state index >= 15 is 0 Å². The molecule has 2 aliphatic heterocycles. The van der Waals surface area contributed by atoms with Crippen LogP contribution in [0, 0.1) is 0 Å². The zero-order valence-corrected chi connectivity index (χ0v) is 31.2. The maximum absolute atomic E-state index is 13.0. The quantitative estimate of drug-likeness (QED) is 0.0947. The van der Waals surface area contributed by atoms with Crippen LogP contribution in [0.5, 0.6) is 5.75 Å². The molecule has 0 spiro atoms. The van der Waals surface area contributed by atoms with E-state index in [-0.39, 0.29) is 18.7 Å². The Hall–Kier alpha value is -3.01. The van der Waals surface area contributed by atoms with Crippen molar-refractivity contribution in [1.82, 2.24) is 4.90 Å². The van der Waals surface area contributed by atoms with Crippen molar-refractivity contribution in [3.63, 3.8) is 0 Å². The van der Waals surface area contributed by atoms with E-state index in [1.807, 2.05) is 24.3 Å². The molecule has 1 N–H and O–H groups in total. The Morgan fingerprint density at radius 2 is 1.50 bits per heavy atom. The van der Waals surface area contributed by atoms with E-state index in [4.69, 9.17) is 32.7 Å². The van der Waals surface area contributed by atoms with Gasteiger partial charge in [0.05, 0.1) is 28.0 Å². The fourth-order valence-electron chi connectivity index (χ4n) is 6.73. The highest BCUT2D eigenvalue weighted by Gasteiger charge is 2.38. The van der Waals surface area contributed by atoms with Gasteiger partial charge in [-0.15, -0.1) is 0 Å². The van der Waals surface area contributed by atoms with Gasteiger partial charge in [0, 0.05) is 45.1 Å². The lowest BCUT2D eigenvalue weighted by Gasteiger charge is -2.36. The smallest absolute Gasteiger partial charge is 0.367 e. The number of carboxylic acids is 1. The molecule has 2 aromatic carbocycles. The van der Waals surface area contributed by atoms with Gasteiger partial charge in [0.15, 0.2) is 0 Å². The number of unbranched alkanes of at least 4 members (excludes halogenated alkanes) is 11. The van der Waals surface area contributed by atoms with Crippen molar-refractivity contribution >= 4 is 52.4 Å². The number of anilines is 2. The molecular weight excluding hydrogens is 677 g/mol. The van der Waals surface area contributed by atoms with E-state index in [0.29, 0.717) is 40.9 Å². The number of rotatable bonds is 22. The Bertz CT molecular complexity index is 1380. The van der Waals surface area contributed by atoms with E-state index in [2.05, 4.69) is 16.7 Å². The van der Waals surface area contributed by atoms with Gasteiger partial charge < -0.3 is 19.5 Å². The van der Waals surface area contributed by atoms with Crippen LogP contribution in [-0.4, -0.2) is 73.4 Å². The highest BCUT2D eigenvalue weighted by Crippen LogP contribution is 2.35. The van der Waals surface area contributed by atoms with Crippen LogP contribution >= 0.6 is 23.2 Å². The third kappa shape index (κ3) is 12.3. The van der Waals surface area contributed by atoms with Crippen LogP contribution in [0.4, 0.5) is 11.4 Å². The number of esters is 1. The first-order chi connectivity index (χ1) is 24.3. The predicted octanol–water partition coefficient (Wildman–Crippen LogP) is 8.91. The normalized spacial score (nSPS) is 15.5. The number of amides is 1. The van der Waals surface area contributed by atoms with E-state index < -0.39 is 18.2 Å². The summed E-state index contributed by atoms with van der Waals surface area (Å²) in [5.74, 6) is -1.81. The van der Waals surface area contributed by atoms with Crippen LogP contribution in [0.15, 0.2) is 36.4 Å². The molecule has 1 fully saturated rings. The fraction of sp³-hybridized carbons (Fsp3) is 0.615. The van der Waals surface area contributed by atoms with Crippen molar-refractivity contribution in [1.29, 1.82) is 0 Å². The van der Waals surface area contributed by atoms with Crippen molar-refractivity contribution in [2.45, 2.75) is 116 Å². The number of aryl methyl sites for hydroxylation is 1. The zero-order valence-electron chi connectivity index (χ0n) is 29.7. The van der Waals surface area contributed by atoms with E-state index in [0.717, 1.165) is 81.0 Å². The lowest BCUT2D eigenvalue weighted by atomic mass is 10.0. The van der Waals surface area contributed by atoms with Crippen LogP contribution in [0.25, 0.3) is 0 Å². The first-order valence-corrected chi connectivity index (χ1v) is 19.5. The summed E-state index contributed by atoms with van der Waals surface area (Å²) in [6, 6.07) is 11.1. The van der Waals surface area contributed by atoms with Gasteiger partial charge in [0.25, 0.3) is 6.23 Å². The summed E-state index contributed by atoms with van der Waals surface area (Å²) in [7, 11) is 0. The number of hydrogen-bond donors (Lipinski definition) is 1. The Morgan fingerprint density at radius 3 is 2.18 bits per heavy atom. The number of benzene rings is 2. The first kappa shape index (κ1) is 39.8. The number of carbonyl (C=O) groups excluding carboxylic acids is 2. The molecule has 0 aliphatic carbocycles. The number of carbonyl (C=O) groups is 3. The lowest BCUT2D eigenvalue weighted by Crippen LogP contribution is -2.50. The minimum atomic E-state index is -1.72. The number of halogens is 2. The van der Waals surface area contributed by atoms with E-state index in [1.165, 1.54) is 44.9 Å². The summed E-state index contributed by atoms with van der Waals surface area (Å²) in [4.78, 5) is 43.9. The summed E-state index contributed by atoms with van der Waals surface area (Å²) in [6.07, 6.45) is 13.5. The molecule has 0 aromatic heterocycles. The monoisotopic (exact) mass is 731 g/mol. The first-order valence-electron chi connectivity index (χ1n) is 18.7. The lowest BCUT2D eigenvalue weighted by molar-refractivity contribution is -0.165. The molecular formula is C39H55Cl2N3O6. The molecule has 11 heteroatoms. The Labute approximate surface area is 308 Å². The number of nitrogens with zero attached hydrogens (tertiary/aromatic N) is 3. The van der Waals surface area contributed by atoms with Crippen molar-refractivity contribution in [2.24, 2.45) is 0 Å². The minimum Gasteiger partial charge on any atom is -0.494 e. The highest BCUT2D eigenvalue weighted by atomic mass is 35.5. The largest absolute Gasteiger partial charge is 0.494 e. The maximum Gasteiger partial charge on any atom is 0.367 e. The van der Waals surface area contributed by atoms with Gasteiger partial charge >= 0.3 is 11.9 Å². The Kier molecular flexibility index (Phi) is 17.0. The second-order valence-corrected chi connectivity index (χ2v) is 14.3. The summed E-state index contributed by atoms with van der Waals surface area (Å²) in [6.45, 7) is 7.31. The summed E-state index contributed by atoms with van der Waals surface area (Å²) < 4.78 is 11.5. The summed E-state index contributed by atoms with van der Waals surface area (Å²) in [5.41, 5.74) is 2.22. The molecule has 2 aromatic rings. The van der Waals surface area contributed by atoms with Crippen LogP contribution in [-0.2, 0) is 25.5 Å². The molecule has 9 nitrogen and oxygen atoms in total. The van der Waals surface area contributed by atoms with E-state index in [9.17, 15) is 19.5 Å². The van der Waals surface area contributed by atoms with Crippen molar-refractivity contribution in [2.75, 3.05) is 49.1 Å². The van der Waals surface area contributed by atoms with E-state index in [1.54, 1.807) is 12.1 Å². The van der Waals surface area contributed by atoms with Crippen molar-refractivity contribution in [3.05, 3.63) is 52.0 Å². The minimum absolute atomic E-state index is 0.130. The Balaban J connectivity index is 1.18. The SMILES string of the molecule is CCCCCCCCCCCCCC(=O)OC(C(=O)O)N1C(=O)CCc2ccc(OCCCCN3CCN(c4cccc(Cl)c4Cl)CC3)cc21. The van der Waals surface area contributed by atoms with Gasteiger partial charge in [-0.3, -0.25) is 19.4 Å². The molecule has 4 rings (SSSR count). The predicted molar refractivity (Wildman–Crippen MR) is 201 cm³/mol. The van der Waals surface area contributed by atoms with Crippen LogP contribution < -0.4 is 14.5 Å². The number of fused-ring (bicyclic) bond motifs is 1. The standard InChI is InChI=1S/C39H55Cl2N3O6/c1-2-3-4-5-6-7-8-9-10-11-12-18-36(46)50-38(39(47)48)44-34-29-31(21-19-30(34)20-22-35(44)45)49-28-14-13-23-42-24-26-43(27-25-42)33-17-15-16-32(40)37(33)41/h15-17,19,21,29,38H,2-14,18,20,22-28H2,1H3,(H,47,48). The Morgan fingerprint density at radius 1 is 0.820 bits per heavy atom. The molecule has 2 heterocycles. The van der Waals surface area contributed by atoms with Crippen LogP contribution in [0.3, 0.4) is 0 Å². The molecule has 276 valence electrons. The van der Waals surface area contributed by atoms with Gasteiger partial charge in [-0.2, -0.15) is 0 Å². The molecule has 50 heavy (non-hydrogen) atoms. The van der Waals surface area contributed by atoms with Gasteiger partial charge in [-0.1, -0.05) is 106 Å². The molecule has 1 atom stereocenters.